The van der Waals surface area contributed by atoms with Crippen molar-refractivity contribution in [2.24, 2.45) is 17.6 Å². The van der Waals surface area contributed by atoms with Crippen molar-refractivity contribution in [3.05, 3.63) is 0 Å². The summed E-state index contributed by atoms with van der Waals surface area (Å²) >= 11 is 0. The van der Waals surface area contributed by atoms with Gasteiger partial charge in [-0.3, -0.25) is 0 Å². The van der Waals surface area contributed by atoms with E-state index in [1.54, 1.807) is 0 Å². The van der Waals surface area contributed by atoms with Crippen LogP contribution < -0.4 is 5.73 Å². The lowest BCUT2D eigenvalue weighted by molar-refractivity contribution is -0.0380. The Balaban J connectivity index is 2.42. The summed E-state index contributed by atoms with van der Waals surface area (Å²) in [7, 11) is 0. The van der Waals surface area contributed by atoms with E-state index in [0.29, 0.717) is 25.3 Å². The van der Waals surface area contributed by atoms with Crippen LogP contribution in [-0.4, -0.2) is 12.5 Å². The third-order valence-corrected chi connectivity index (χ3v) is 2.59. The predicted octanol–water partition coefficient (Wildman–Crippen LogP) is 2.02. The molecule has 2 atom stereocenters. The molecule has 0 radical (unpaired) electrons. The Hall–Kier alpha value is -0.180. The van der Waals surface area contributed by atoms with Crippen LogP contribution in [0.25, 0.3) is 0 Å². The Bertz CT molecular complexity index is 131. The van der Waals surface area contributed by atoms with Crippen molar-refractivity contribution >= 4 is 0 Å². The average molecular weight is 163 g/mol. The molecule has 0 aromatic carbocycles. The van der Waals surface area contributed by atoms with Gasteiger partial charge in [0.05, 0.1) is 0 Å². The molecule has 0 aromatic rings. The first-order valence-electron chi connectivity index (χ1n) is 4.12. The molecule has 0 heterocycles. The maximum absolute atomic E-state index is 12.7. The molecule has 0 aliphatic heterocycles. The highest BCUT2D eigenvalue weighted by Crippen LogP contribution is 2.39. The molecule has 1 rings (SSSR count). The summed E-state index contributed by atoms with van der Waals surface area (Å²) in [5, 5.41) is 0. The van der Waals surface area contributed by atoms with E-state index in [2.05, 4.69) is 0 Å². The molecule has 2 unspecified atom stereocenters. The van der Waals surface area contributed by atoms with Gasteiger partial charge in [-0.1, -0.05) is 0 Å². The lowest BCUT2D eigenvalue weighted by Crippen LogP contribution is -2.22. The molecule has 0 saturated heterocycles. The molecular weight excluding hydrogens is 148 g/mol. The summed E-state index contributed by atoms with van der Waals surface area (Å²) in [5.41, 5.74) is 5.39. The van der Waals surface area contributed by atoms with Crippen LogP contribution in [0.4, 0.5) is 8.78 Å². The smallest absolute Gasteiger partial charge is 0.248 e. The molecule has 1 aliphatic rings. The minimum atomic E-state index is -2.50. The Kier molecular flexibility index (Phi) is 2.47. The van der Waals surface area contributed by atoms with Gasteiger partial charge in [0.2, 0.25) is 5.92 Å². The molecule has 1 saturated carbocycles. The van der Waals surface area contributed by atoms with Crippen molar-refractivity contribution < 1.29 is 8.78 Å². The van der Waals surface area contributed by atoms with Gasteiger partial charge in [-0.2, -0.15) is 0 Å². The monoisotopic (exact) mass is 163 g/mol. The Morgan fingerprint density at radius 2 is 2.09 bits per heavy atom. The van der Waals surface area contributed by atoms with Crippen molar-refractivity contribution in [1.29, 1.82) is 0 Å². The van der Waals surface area contributed by atoms with Gasteiger partial charge in [0.1, 0.15) is 0 Å². The highest BCUT2D eigenvalue weighted by Gasteiger charge is 2.39. The third-order valence-electron chi connectivity index (χ3n) is 2.59. The van der Waals surface area contributed by atoms with Gasteiger partial charge < -0.3 is 5.73 Å². The van der Waals surface area contributed by atoms with Crippen molar-refractivity contribution in [3.8, 4) is 0 Å². The zero-order chi connectivity index (χ0) is 8.48. The molecule has 0 amide bonds. The van der Waals surface area contributed by atoms with Crippen LogP contribution in [0.3, 0.4) is 0 Å². The maximum atomic E-state index is 12.7. The average Bonchev–Trinajstić information content (AvgIpc) is 2.32. The molecule has 0 bridgehead atoms. The van der Waals surface area contributed by atoms with E-state index in [4.69, 9.17) is 5.73 Å². The fourth-order valence-corrected chi connectivity index (χ4v) is 1.75. The SMILES string of the molecule is CC(F)(F)C1CCC(CN)C1. The molecule has 0 spiro atoms. The van der Waals surface area contributed by atoms with Gasteiger partial charge >= 0.3 is 0 Å². The minimum Gasteiger partial charge on any atom is -0.330 e. The number of rotatable bonds is 2. The molecule has 3 heteroatoms. The van der Waals surface area contributed by atoms with Gasteiger partial charge in [0.25, 0.3) is 0 Å². The van der Waals surface area contributed by atoms with E-state index < -0.39 is 11.8 Å². The van der Waals surface area contributed by atoms with Crippen molar-refractivity contribution in [1.82, 2.24) is 0 Å². The number of nitrogens with two attached hydrogens (primary N) is 1. The summed E-state index contributed by atoms with van der Waals surface area (Å²) in [6.07, 6.45) is 2.13. The zero-order valence-corrected chi connectivity index (χ0v) is 6.82. The maximum Gasteiger partial charge on any atom is 0.248 e. The largest absolute Gasteiger partial charge is 0.330 e. The van der Waals surface area contributed by atoms with Crippen LogP contribution in [0, 0.1) is 11.8 Å². The Labute approximate surface area is 66.0 Å². The highest BCUT2D eigenvalue weighted by atomic mass is 19.3. The van der Waals surface area contributed by atoms with Crippen LogP contribution >= 0.6 is 0 Å². The molecule has 0 aromatic heterocycles. The molecule has 2 N–H and O–H groups in total. The summed E-state index contributed by atoms with van der Waals surface area (Å²) in [6, 6.07) is 0. The van der Waals surface area contributed by atoms with Crippen LogP contribution in [0.2, 0.25) is 0 Å². The van der Waals surface area contributed by atoms with Gasteiger partial charge in [0, 0.05) is 5.92 Å². The minimum absolute atomic E-state index is 0.339. The van der Waals surface area contributed by atoms with Crippen LogP contribution in [0.15, 0.2) is 0 Å². The summed E-state index contributed by atoms with van der Waals surface area (Å²) < 4.78 is 25.4. The summed E-state index contributed by atoms with van der Waals surface area (Å²) in [5.74, 6) is -2.58. The first-order chi connectivity index (χ1) is 5.04. The number of hydrogen-bond acceptors (Lipinski definition) is 1. The lowest BCUT2D eigenvalue weighted by Gasteiger charge is -2.17. The van der Waals surface area contributed by atoms with Gasteiger partial charge in [0.15, 0.2) is 0 Å². The van der Waals surface area contributed by atoms with E-state index in [-0.39, 0.29) is 0 Å². The molecule has 66 valence electrons. The van der Waals surface area contributed by atoms with E-state index >= 15 is 0 Å². The van der Waals surface area contributed by atoms with Crippen LogP contribution in [0.1, 0.15) is 26.2 Å². The van der Waals surface area contributed by atoms with Gasteiger partial charge in [-0.15, -0.1) is 0 Å². The number of halogens is 2. The normalized spacial score (nSPS) is 32.7. The van der Waals surface area contributed by atoms with Gasteiger partial charge in [-0.25, -0.2) is 8.78 Å². The molecule has 11 heavy (non-hydrogen) atoms. The van der Waals surface area contributed by atoms with Crippen LogP contribution in [0.5, 0.6) is 0 Å². The van der Waals surface area contributed by atoms with Crippen molar-refractivity contribution in [2.45, 2.75) is 32.1 Å². The van der Waals surface area contributed by atoms with E-state index in [1.165, 1.54) is 0 Å². The standard InChI is InChI=1S/C8H15F2N/c1-8(9,10)7-3-2-6(4-7)5-11/h6-7H,2-5,11H2,1H3. The quantitative estimate of drug-likeness (QED) is 0.662. The molecule has 1 fully saturated rings. The second-order valence-corrected chi connectivity index (χ2v) is 3.57. The summed E-state index contributed by atoms with van der Waals surface area (Å²) in [6.45, 7) is 1.57. The topological polar surface area (TPSA) is 26.0 Å². The van der Waals surface area contributed by atoms with Gasteiger partial charge in [-0.05, 0) is 38.6 Å². The number of hydrogen-bond donors (Lipinski definition) is 1. The molecule has 1 nitrogen and oxygen atoms in total. The molecular formula is C8H15F2N. The Morgan fingerprint density at radius 3 is 2.36 bits per heavy atom. The van der Waals surface area contributed by atoms with Crippen molar-refractivity contribution in [2.75, 3.05) is 6.54 Å². The third kappa shape index (κ3) is 2.12. The van der Waals surface area contributed by atoms with E-state index in [1.807, 2.05) is 0 Å². The molecule has 1 aliphatic carbocycles. The van der Waals surface area contributed by atoms with Crippen LogP contribution in [-0.2, 0) is 0 Å². The number of alkyl halides is 2. The second kappa shape index (κ2) is 3.05. The first kappa shape index (κ1) is 8.91. The Morgan fingerprint density at radius 1 is 1.45 bits per heavy atom. The summed E-state index contributed by atoms with van der Waals surface area (Å²) in [4.78, 5) is 0. The predicted molar refractivity (Wildman–Crippen MR) is 40.5 cm³/mol. The van der Waals surface area contributed by atoms with E-state index in [9.17, 15) is 8.78 Å². The second-order valence-electron chi connectivity index (χ2n) is 3.57. The lowest BCUT2D eigenvalue weighted by atomic mass is 9.99. The van der Waals surface area contributed by atoms with E-state index in [0.717, 1.165) is 13.3 Å². The fraction of sp³-hybridized carbons (Fsp3) is 1.00. The zero-order valence-electron chi connectivity index (χ0n) is 6.82. The van der Waals surface area contributed by atoms with Crippen molar-refractivity contribution in [3.63, 3.8) is 0 Å². The highest BCUT2D eigenvalue weighted by molar-refractivity contribution is 4.82. The first-order valence-corrected chi connectivity index (χ1v) is 4.12. The fourth-order valence-electron chi connectivity index (χ4n) is 1.75.